The molecular weight excluding hydrogens is 262 g/mol. The highest BCUT2D eigenvalue weighted by Gasteiger charge is 2.25. The number of hydrogen-bond acceptors (Lipinski definition) is 2. The SMILES string of the molecule is Cc1ccc2c(C[NH+]3CC(C)CC(C)C3)cc(=O)oc2c1. The van der Waals surface area contributed by atoms with Crippen LogP contribution in [0, 0.1) is 18.8 Å². The number of quaternary nitrogens is 1. The van der Waals surface area contributed by atoms with Crippen LogP contribution in [0.5, 0.6) is 0 Å². The molecule has 1 aliphatic heterocycles. The Labute approximate surface area is 125 Å². The van der Waals surface area contributed by atoms with Gasteiger partial charge in [-0.25, -0.2) is 4.79 Å². The van der Waals surface area contributed by atoms with Crippen LogP contribution in [-0.2, 0) is 6.54 Å². The summed E-state index contributed by atoms with van der Waals surface area (Å²) in [5, 5.41) is 1.08. The van der Waals surface area contributed by atoms with Crippen molar-refractivity contribution >= 4 is 11.0 Å². The first-order chi connectivity index (χ1) is 10.0. The van der Waals surface area contributed by atoms with Crippen LogP contribution in [-0.4, -0.2) is 13.1 Å². The minimum Gasteiger partial charge on any atom is -0.423 e. The lowest BCUT2D eigenvalue weighted by Crippen LogP contribution is -3.13. The quantitative estimate of drug-likeness (QED) is 0.859. The number of piperidine rings is 1. The standard InChI is InChI=1S/C18H23NO2/c1-12-4-5-16-15(8-18(20)21-17(16)7-12)11-19-9-13(2)6-14(3)10-19/h4-5,7-8,13-14H,6,9-11H2,1-3H3/p+1. The van der Waals surface area contributed by atoms with Crippen molar-refractivity contribution in [2.24, 2.45) is 11.8 Å². The van der Waals surface area contributed by atoms with Crippen molar-refractivity contribution in [2.45, 2.75) is 33.7 Å². The molecule has 1 saturated heterocycles. The van der Waals surface area contributed by atoms with Crippen molar-refractivity contribution in [3.05, 3.63) is 45.8 Å². The molecule has 112 valence electrons. The van der Waals surface area contributed by atoms with E-state index in [2.05, 4.69) is 26.0 Å². The zero-order valence-corrected chi connectivity index (χ0v) is 13.1. The molecule has 0 radical (unpaired) electrons. The number of hydrogen-bond donors (Lipinski definition) is 1. The number of fused-ring (bicyclic) bond motifs is 1. The predicted octanol–water partition coefficient (Wildman–Crippen LogP) is 2.16. The lowest BCUT2D eigenvalue weighted by Gasteiger charge is -2.32. The van der Waals surface area contributed by atoms with E-state index in [0.717, 1.165) is 40.5 Å². The Kier molecular flexibility index (Phi) is 3.85. The van der Waals surface area contributed by atoms with Crippen LogP contribution in [0.25, 0.3) is 11.0 Å². The van der Waals surface area contributed by atoms with E-state index in [4.69, 9.17) is 4.42 Å². The van der Waals surface area contributed by atoms with Crippen molar-refractivity contribution in [1.29, 1.82) is 0 Å². The molecule has 1 aromatic heterocycles. The number of benzene rings is 1. The molecule has 3 heteroatoms. The highest BCUT2D eigenvalue weighted by molar-refractivity contribution is 5.80. The fourth-order valence-electron chi connectivity index (χ4n) is 3.82. The monoisotopic (exact) mass is 286 g/mol. The molecule has 2 unspecified atom stereocenters. The molecule has 2 aromatic rings. The summed E-state index contributed by atoms with van der Waals surface area (Å²) < 4.78 is 5.35. The first kappa shape index (κ1) is 14.3. The zero-order chi connectivity index (χ0) is 15.0. The predicted molar refractivity (Wildman–Crippen MR) is 84.6 cm³/mol. The Balaban J connectivity index is 1.95. The number of likely N-dealkylation sites (tertiary alicyclic amines) is 1. The van der Waals surface area contributed by atoms with Gasteiger partial charge in [0.2, 0.25) is 0 Å². The molecule has 2 heterocycles. The normalized spacial score (nSPS) is 26.1. The summed E-state index contributed by atoms with van der Waals surface area (Å²) in [7, 11) is 0. The number of aryl methyl sites for hydroxylation is 1. The second-order valence-electron chi connectivity index (χ2n) is 6.87. The van der Waals surface area contributed by atoms with E-state index in [1.807, 2.05) is 13.0 Å². The number of rotatable bonds is 2. The van der Waals surface area contributed by atoms with Crippen LogP contribution in [0.15, 0.2) is 33.5 Å². The molecule has 0 aliphatic carbocycles. The molecule has 1 aromatic carbocycles. The molecule has 21 heavy (non-hydrogen) atoms. The zero-order valence-electron chi connectivity index (χ0n) is 13.1. The van der Waals surface area contributed by atoms with E-state index in [9.17, 15) is 4.79 Å². The Morgan fingerprint density at radius 1 is 1.19 bits per heavy atom. The van der Waals surface area contributed by atoms with Gasteiger partial charge in [0, 0.05) is 28.9 Å². The highest BCUT2D eigenvalue weighted by atomic mass is 16.4. The summed E-state index contributed by atoms with van der Waals surface area (Å²) in [6.45, 7) is 9.98. The van der Waals surface area contributed by atoms with Crippen LogP contribution < -0.4 is 10.5 Å². The third kappa shape index (κ3) is 3.18. The van der Waals surface area contributed by atoms with Gasteiger partial charge in [-0.15, -0.1) is 0 Å². The fraction of sp³-hybridized carbons (Fsp3) is 0.500. The van der Waals surface area contributed by atoms with Gasteiger partial charge in [0.15, 0.2) is 0 Å². The first-order valence-electron chi connectivity index (χ1n) is 7.88. The minimum absolute atomic E-state index is 0.236. The molecule has 0 spiro atoms. The summed E-state index contributed by atoms with van der Waals surface area (Å²) >= 11 is 0. The van der Waals surface area contributed by atoms with Crippen LogP contribution in [0.3, 0.4) is 0 Å². The summed E-state index contributed by atoms with van der Waals surface area (Å²) in [6.07, 6.45) is 1.32. The maximum Gasteiger partial charge on any atom is 0.336 e. The van der Waals surface area contributed by atoms with E-state index in [-0.39, 0.29) is 5.63 Å². The maximum absolute atomic E-state index is 11.8. The summed E-state index contributed by atoms with van der Waals surface area (Å²) in [5.74, 6) is 1.52. The Bertz CT molecular complexity index is 694. The Hall–Kier alpha value is -1.61. The van der Waals surface area contributed by atoms with Gasteiger partial charge in [0.1, 0.15) is 12.1 Å². The van der Waals surface area contributed by atoms with Gasteiger partial charge in [-0.1, -0.05) is 26.0 Å². The summed E-state index contributed by atoms with van der Waals surface area (Å²) in [4.78, 5) is 13.4. The molecule has 1 fully saturated rings. The van der Waals surface area contributed by atoms with E-state index < -0.39 is 0 Å². The summed E-state index contributed by atoms with van der Waals surface area (Å²) in [6, 6.07) is 7.80. The van der Waals surface area contributed by atoms with E-state index in [0.29, 0.717) is 0 Å². The van der Waals surface area contributed by atoms with E-state index >= 15 is 0 Å². The first-order valence-corrected chi connectivity index (χ1v) is 7.88. The minimum atomic E-state index is -0.236. The van der Waals surface area contributed by atoms with Crippen LogP contribution in [0.2, 0.25) is 0 Å². The van der Waals surface area contributed by atoms with Gasteiger partial charge in [0.25, 0.3) is 0 Å². The van der Waals surface area contributed by atoms with Crippen molar-refractivity contribution in [1.82, 2.24) is 0 Å². The summed E-state index contributed by atoms with van der Waals surface area (Å²) in [5.41, 5.74) is 2.73. The lowest BCUT2D eigenvalue weighted by molar-refractivity contribution is -0.925. The smallest absolute Gasteiger partial charge is 0.336 e. The second-order valence-corrected chi connectivity index (χ2v) is 6.87. The van der Waals surface area contributed by atoms with E-state index in [1.54, 1.807) is 11.0 Å². The van der Waals surface area contributed by atoms with Crippen molar-refractivity contribution in [3.8, 4) is 0 Å². The van der Waals surface area contributed by atoms with Crippen LogP contribution in [0.1, 0.15) is 31.4 Å². The van der Waals surface area contributed by atoms with Gasteiger partial charge in [0.05, 0.1) is 13.1 Å². The molecule has 2 atom stereocenters. The Morgan fingerprint density at radius 2 is 1.90 bits per heavy atom. The van der Waals surface area contributed by atoms with Crippen molar-refractivity contribution in [2.75, 3.05) is 13.1 Å². The third-order valence-electron chi connectivity index (χ3n) is 4.51. The molecule has 1 aliphatic rings. The third-order valence-corrected chi connectivity index (χ3v) is 4.51. The molecule has 0 saturated carbocycles. The highest BCUT2D eigenvalue weighted by Crippen LogP contribution is 2.19. The van der Waals surface area contributed by atoms with Gasteiger partial charge < -0.3 is 9.32 Å². The fourth-order valence-corrected chi connectivity index (χ4v) is 3.82. The van der Waals surface area contributed by atoms with Crippen molar-refractivity contribution in [3.63, 3.8) is 0 Å². The van der Waals surface area contributed by atoms with Crippen LogP contribution in [0.4, 0.5) is 0 Å². The van der Waals surface area contributed by atoms with Gasteiger partial charge in [-0.05, 0) is 25.0 Å². The largest absolute Gasteiger partial charge is 0.423 e. The van der Waals surface area contributed by atoms with Crippen molar-refractivity contribution < 1.29 is 9.32 Å². The molecule has 3 nitrogen and oxygen atoms in total. The van der Waals surface area contributed by atoms with Gasteiger partial charge in [-0.2, -0.15) is 0 Å². The van der Waals surface area contributed by atoms with Gasteiger partial charge in [-0.3, -0.25) is 0 Å². The average Bonchev–Trinajstić information content (AvgIpc) is 2.36. The average molecular weight is 286 g/mol. The van der Waals surface area contributed by atoms with E-state index in [1.165, 1.54) is 19.5 Å². The molecular formula is C18H24NO2+. The lowest BCUT2D eigenvalue weighted by atomic mass is 9.91. The molecule has 0 amide bonds. The molecule has 0 bridgehead atoms. The second kappa shape index (κ2) is 5.64. The number of nitrogens with one attached hydrogen (secondary N) is 1. The van der Waals surface area contributed by atoms with Crippen LogP contribution >= 0.6 is 0 Å². The maximum atomic E-state index is 11.8. The molecule has 3 rings (SSSR count). The topological polar surface area (TPSA) is 34.7 Å². The Morgan fingerprint density at radius 3 is 2.62 bits per heavy atom. The molecule has 1 N–H and O–H groups in total. The van der Waals surface area contributed by atoms with Gasteiger partial charge >= 0.3 is 5.63 Å².